The van der Waals surface area contributed by atoms with Crippen molar-refractivity contribution in [3.63, 3.8) is 0 Å². The Kier molecular flexibility index (Phi) is 4.08. The lowest BCUT2D eigenvalue weighted by molar-refractivity contribution is 1.26. The van der Waals surface area contributed by atoms with Gasteiger partial charge in [0, 0.05) is 5.66 Å². The highest BCUT2D eigenvalue weighted by molar-refractivity contribution is 7.74. The zero-order valence-electron chi connectivity index (χ0n) is 12.9. The number of hydrogen-bond donors (Lipinski definition) is 0. The molecule has 0 aliphatic heterocycles. The fourth-order valence-electron chi connectivity index (χ4n) is 2.95. The molecule has 0 fully saturated rings. The average Bonchev–Trinajstić information content (AvgIpc) is 2.89. The summed E-state index contributed by atoms with van der Waals surface area (Å²) in [7, 11) is -0.388. The number of allylic oxidation sites excluding steroid dienone is 4. The standard InChI is InChI=1S/C20H21P/c1-15-9-4-6-12-18(15)21(20-14-8-11-17(20)3)19-13-7-5-10-16(19)2/h4-14,20H,1-3H3. The predicted octanol–water partition coefficient (Wildman–Crippen LogP) is 4.62. The van der Waals surface area contributed by atoms with Crippen LogP contribution in [0.1, 0.15) is 18.1 Å². The summed E-state index contributed by atoms with van der Waals surface area (Å²) < 4.78 is 0. The first kappa shape index (κ1) is 14.3. The molecule has 0 heterocycles. The van der Waals surface area contributed by atoms with E-state index in [1.807, 2.05) is 0 Å². The summed E-state index contributed by atoms with van der Waals surface area (Å²) >= 11 is 0. The molecule has 0 aromatic heterocycles. The van der Waals surface area contributed by atoms with Gasteiger partial charge in [-0.25, -0.2) is 0 Å². The van der Waals surface area contributed by atoms with E-state index in [1.54, 1.807) is 0 Å². The molecule has 1 atom stereocenters. The second-order valence-corrected chi connectivity index (χ2v) is 7.94. The highest BCUT2D eigenvalue weighted by Crippen LogP contribution is 2.46. The van der Waals surface area contributed by atoms with Crippen LogP contribution < -0.4 is 10.6 Å². The van der Waals surface area contributed by atoms with Crippen molar-refractivity contribution in [3.8, 4) is 0 Å². The third kappa shape index (κ3) is 2.74. The molecule has 0 amide bonds. The van der Waals surface area contributed by atoms with Gasteiger partial charge >= 0.3 is 0 Å². The third-order valence-electron chi connectivity index (χ3n) is 4.15. The van der Waals surface area contributed by atoms with Gasteiger partial charge in [-0.1, -0.05) is 72.3 Å². The summed E-state index contributed by atoms with van der Waals surface area (Å²) in [5.41, 5.74) is 4.81. The fraction of sp³-hybridized carbons (Fsp3) is 0.200. The van der Waals surface area contributed by atoms with E-state index >= 15 is 0 Å². The van der Waals surface area contributed by atoms with E-state index in [0.717, 1.165) is 0 Å². The van der Waals surface area contributed by atoms with Crippen LogP contribution in [0.2, 0.25) is 0 Å². The van der Waals surface area contributed by atoms with E-state index in [9.17, 15) is 0 Å². The van der Waals surface area contributed by atoms with Gasteiger partial charge in [-0.15, -0.1) is 0 Å². The Bertz CT molecular complexity index is 664. The predicted molar refractivity (Wildman–Crippen MR) is 95.2 cm³/mol. The smallest absolute Gasteiger partial charge is 0.0264 e. The zero-order chi connectivity index (χ0) is 14.8. The van der Waals surface area contributed by atoms with Crippen molar-refractivity contribution in [2.75, 3.05) is 0 Å². The van der Waals surface area contributed by atoms with Crippen LogP contribution in [-0.2, 0) is 0 Å². The molecule has 0 saturated carbocycles. The van der Waals surface area contributed by atoms with E-state index in [-0.39, 0.29) is 7.92 Å². The van der Waals surface area contributed by atoms with Gasteiger partial charge in [-0.3, -0.25) is 0 Å². The van der Waals surface area contributed by atoms with Crippen molar-refractivity contribution in [3.05, 3.63) is 83.5 Å². The molecular formula is C20H21P. The Morgan fingerprint density at radius 2 is 1.29 bits per heavy atom. The Hall–Kier alpha value is -1.65. The van der Waals surface area contributed by atoms with Crippen LogP contribution in [0.15, 0.2) is 72.3 Å². The van der Waals surface area contributed by atoms with Gasteiger partial charge in [0.05, 0.1) is 0 Å². The first-order valence-corrected chi connectivity index (χ1v) is 8.85. The molecule has 0 radical (unpaired) electrons. The average molecular weight is 292 g/mol. The lowest BCUT2D eigenvalue weighted by atomic mass is 10.2. The number of rotatable bonds is 3. The minimum atomic E-state index is -0.388. The van der Waals surface area contributed by atoms with Gasteiger partial charge in [-0.2, -0.15) is 0 Å². The van der Waals surface area contributed by atoms with Crippen molar-refractivity contribution in [2.45, 2.75) is 26.4 Å². The van der Waals surface area contributed by atoms with Crippen LogP contribution in [-0.4, -0.2) is 5.66 Å². The fourth-order valence-corrected chi connectivity index (χ4v) is 5.98. The second-order valence-electron chi connectivity index (χ2n) is 5.68. The molecule has 1 aliphatic rings. The van der Waals surface area contributed by atoms with Gasteiger partial charge < -0.3 is 0 Å². The maximum atomic E-state index is 2.37. The van der Waals surface area contributed by atoms with E-state index in [2.05, 4.69) is 87.5 Å². The largest absolute Gasteiger partial charge is 0.0725 e. The van der Waals surface area contributed by atoms with Crippen molar-refractivity contribution < 1.29 is 0 Å². The quantitative estimate of drug-likeness (QED) is 0.724. The summed E-state index contributed by atoms with van der Waals surface area (Å²) in [4.78, 5) is 0. The molecule has 2 aromatic carbocycles. The molecule has 1 unspecified atom stereocenters. The number of aryl methyl sites for hydroxylation is 2. The van der Waals surface area contributed by atoms with Crippen molar-refractivity contribution >= 4 is 18.5 Å². The van der Waals surface area contributed by atoms with Crippen LogP contribution in [0, 0.1) is 13.8 Å². The minimum Gasteiger partial charge on any atom is -0.0725 e. The normalized spacial score (nSPS) is 17.3. The van der Waals surface area contributed by atoms with Crippen LogP contribution >= 0.6 is 7.92 Å². The van der Waals surface area contributed by atoms with E-state index in [4.69, 9.17) is 0 Å². The van der Waals surface area contributed by atoms with Gasteiger partial charge in [-0.05, 0) is 50.4 Å². The molecule has 1 aliphatic carbocycles. The zero-order valence-corrected chi connectivity index (χ0v) is 13.8. The summed E-state index contributed by atoms with van der Waals surface area (Å²) in [5.74, 6) is 0. The SMILES string of the molecule is CC1=CC=CC1P(c1ccccc1C)c1ccccc1C. The second kappa shape index (κ2) is 6.00. The summed E-state index contributed by atoms with van der Waals surface area (Å²) in [6.45, 7) is 6.73. The molecule has 1 heteroatoms. The van der Waals surface area contributed by atoms with Crippen molar-refractivity contribution in [1.29, 1.82) is 0 Å². The van der Waals surface area contributed by atoms with Gasteiger partial charge in [0.1, 0.15) is 0 Å². The molecule has 2 aromatic rings. The highest BCUT2D eigenvalue weighted by Gasteiger charge is 2.27. The number of hydrogen-bond acceptors (Lipinski definition) is 0. The molecule has 0 N–H and O–H groups in total. The molecule has 21 heavy (non-hydrogen) atoms. The molecule has 106 valence electrons. The molecule has 0 nitrogen and oxygen atoms in total. The number of benzene rings is 2. The summed E-state index contributed by atoms with van der Waals surface area (Å²) in [5, 5.41) is 3.01. The topological polar surface area (TPSA) is 0 Å². The molecule has 0 bridgehead atoms. The van der Waals surface area contributed by atoms with Gasteiger partial charge in [0.15, 0.2) is 0 Å². The lowest BCUT2D eigenvalue weighted by Gasteiger charge is -2.28. The monoisotopic (exact) mass is 292 g/mol. The van der Waals surface area contributed by atoms with E-state index in [0.29, 0.717) is 5.66 Å². The lowest BCUT2D eigenvalue weighted by Crippen LogP contribution is -2.23. The van der Waals surface area contributed by atoms with Crippen LogP contribution in [0.4, 0.5) is 0 Å². The molecular weight excluding hydrogens is 271 g/mol. The molecule has 0 saturated heterocycles. The third-order valence-corrected chi connectivity index (χ3v) is 7.32. The Balaban J connectivity index is 2.17. The first-order valence-electron chi connectivity index (χ1n) is 7.44. The van der Waals surface area contributed by atoms with E-state index in [1.165, 1.54) is 27.3 Å². The minimum absolute atomic E-state index is 0.388. The van der Waals surface area contributed by atoms with Crippen molar-refractivity contribution in [1.82, 2.24) is 0 Å². The first-order chi connectivity index (χ1) is 10.2. The molecule has 3 rings (SSSR count). The van der Waals surface area contributed by atoms with Crippen LogP contribution in [0.5, 0.6) is 0 Å². The Morgan fingerprint density at radius 3 is 1.71 bits per heavy atom. The maximum absolute atomic E-state index is 2.37. The Labute approximate surface area is 129 Å². The van der Waals surface area contributed by atoms with E-state index < -0.39 is 0 Å². The highest BCUT2D eigenvalue weighted by atomic mass is 31.1. The van der Waals surface area contributed by atoms with Crippen LogP contribution in [0.3, 0.4) is 0 Å². The van der Waals surface area contributed by atoms with Crippen molar-refractivity contribution in [2.24, 2.45) is 0 Å². The van der Waals surface area contributed by atoms with Gasteiger partial charge in [0.25, 0.3) is 0 Å². The molecule has 0 spiro atoms. The Morgan fingerprint density at radius 1 is 0.762 bits per heavy atom. The summed E-state index contributed by atoms with van der Waals surface area (Å²) in [6, 6.07) is 17.7. The summed E-state index contributed by atoms with van der Waals surface area (Å²) in [6.07, 6.45) is 6.85. The van der Waals surface area contributed by atoms with Crippen LogP contribution in [0.25, 0.3) is 0 Å². The van der Waals surface area contributed by atoms with Gasteiger partial charge in [0.2, 0.25) is 0 Å². The maximum Gasteiger partial charge on any atom is 0.0264 e.